The summed E-state index contributed by atoms with van der Waals surface area (Å²) < 4.78 is 1.75. The number of nitrogens with zero attached hydrogens (tertiary/aromatic N) is 3. The van der Waals surface area contributed by atoms with Gasteiger partial charge in [0.05, 0.1) is 28.7 Å². The Labute approximate surface area is 147 Å². The average Bonchev–Trinajstić information content (AvgIpc) is 3.04. The lowest BCUT2D eigenvalue weighted by Gasteiger charge is -2.20. The maximum absolute atomic E-state index is 12.8. The highest BCUT2D eigenvalue weighted by Gasteiger charge is 2.25. The minimum absolute atomic E-state index is 0.106. The summed E-state index contributed by atoms with van der Waals surface area (Å²) in [5.74, 6) is 0.288. The van der Waals surface area contributed by atoms with Gasteiger partial charge in [-0.05, 0) is 25.0 Å². The minimum Gasteiger partial charge on any atom is -0.320 e. The van der Waals surface area contributed by atoms with Crippen LogP contribution >= 0.6 is 0 Å². The van der Waals surface area contributed by atoms with Crippen LogP contribution in [0.1, 0.15) is 54.1 Å². The molecule has 3 aromatic rings. The molecule has 5 heteroatoms. The highest BCUT2D eigenvalue weighted by Crippen LogP contribution is 2.33. The van der Waals surface area contributed by atoms with E-state index in [1.54, 1.807) is 10.9 Å². The monoisotopic (exact) mass is 334 g/mol. The zero-order valence-electron chi connectivity index (χ0n) is 14.4. The molecule has 1 amide bonds. The second-order valence-corrected chi connectivity index (χ2v) is 6.81. The average molecular weight is 334 g/mol. The first-order valence-corrected chi connectivity index (χ1v) is 8.90. The van der Waals surface area contributed by atoms with Crippen molar-refractivity contribution in [1.29, 1.82) is 0 Å². The zero-order chi connectivity index (χ0) is 17.2. The Morgan fingerprint density at radius 1 is 1.20 bits per heavy atom. The van der Waals surface area contributed by atoms with Gasteiger partial charge in [-0.25, -0.2) is 0 Å². The van der Waals surface area contributed by atoms with Crippen LogP contribution in [0.2, 0.25) is 0 Å². The third-order valence-electron chi connectivity index (χ3n) is 4.94. The Morgan fingerprint density at radius 2 is 2.00 bits per heavy atom. The molecule has 0 spiro atoms. The van der Waals surface area contributed by atoms with Crippen molar-refractivity contribution in [2.75, 3.05) is 5.32 Å². The molecular formula is C20H22N4O. The largest absolute Gasteiger partial charge is 0.320 e. The van der Waals surface area contributed by atoms with Crippen molar-refractivity contribution in [1.82, 2.24) is 14.8 Å². The lowest BCUT2D eigenvalue weighted by molar-refractivity contribution is 0.102. The van der Waals surface area contributed by atoms with Gasteiger partial charge in [0.2, 0.25) is 0 Å². The van der Waals surface area contributed by atoms with Crippen molar-refractivity contribution in [2.45, 2.75) is 38.0 Å². The van der Waals surface area contributed by atoms with Crippen LogP contribution < -0.4 is 5.32 Å². The SMILES string of the molecule is Cn1cc(C(=O)Nc2cnc3ccccc3c2)c(C2CCCCC2)n1. The van der Waals surface area contributed by atoms with E-state index in [1.807, 2.05) is 43.6 Å². The number of anilines is 1. The van der Waals surface area contributed by atoms with Crippen molar-refractivity contribution < 1.29 is 4.79 Å². The fraction of sp³-hybridized carbons (Fsp3) is 0.350. The highest BCUT2D eigenvalue weighted by molar-refractivity contribution is 6.05. The molecule has 1 aliphatic carbocycles. The van der Waals surface area contributed by atoms with Crippen LogP contribution in [0, 0.1) is 0 Å². The predicted molar refractivity (Wildman–Crippen MR) is 98.7 cm³/mol. The number of aromatic nitrogens is 3. The van der Waals surface area contributed by atoms with E-state index in [0.29, 0.717) is 17.2 Å². The summed E-state index contributed by atoms with van der Waals surface area (Å²) in [5.41, 5.74) is 3.25. The van der Waals surface area contributed by atoms with Gasteiger partial charge in [-0.15, -0.1) is 0 Å². The molecule has 128 valence electrons. The van der Waals surface area contributed by atoms with Crippen LogP contribution in [0.15, 0.2) is 42.7 Å². The molecule has 0 unspecified atom stereocenters. The second-order valence-electron chi connectivity index (χ2n) is 6.81. The number of nitrogens with one attached hydrogen (secondary N) is 1. The third kappa shape index (κ3) is 3.27. The molecule has 1 saturated carbocycles. The first-order valence-electron chi connectivity index (χ1n) is 8.90. The van der Waals surface area contributed by atoms with Gasteiger partial charge in [-0.2, -0.15) is 5.10 Å². The molecule has 0 bridgehead atoms. The van der Waals surface area contributed by atoms with Gasteiger partial charge in [0.15, 0.2) is 0 Å². The lowest BCUT2D eigenvalue weighted by atomic mass is 9.85. The standard InChI is InChI=1S/C20H22N4O/c1-24-13-17(19(23-24)14-7-3-2-4-8-14)20(25)22-16-11-15-9-5-6-10-18(15)21-12-16/h5-6,9-14H,2-4,7-8H2,1H3,(H,22,25). The molecule has 5 nitrogen and oxygen atoms in total. The predicted octanol–water partition coefficient (Wildman–Crippen LogP) is 4.27. The van der Waals surface area contributed by atoms with E-state index >= 15 is 0 Å². The van der Waals surface area contributed by atoms with E-state index in [1.165, 1.54) is 19.3 Å². The summed E-state index contributed by atoms with van der Waals surface area (Å²) in [6, 6.07) is 9.84. The number of pyridine rings is 1. The summed E-state index contributed by atoms with van der Waals surface area (Å²) in [5, 5.41) is 8.59. The Morgan fingerprint density at radius 3 is 2.84 bits per heavy atom. The maximum Gasteiger partial charge on any atom is 0.259 e. The smallest absolute Gasteiger partial charge is 0.259 e. The first-order chi connectivity index (χ1) is 12.2. The summed E-state index contributed by atoms with van der Waals surface area (Å²) in [7, 11) is 1.88. The Kier molecular flexibility index (Phi) is 4.22. The number of carbonyl (C=O) groups excluding carboxylic acids is 1. The zero-order valence-corrected chi connectivity index (χ0v) is 14.4. The van der Waals surface area contributed by atoms with Gasteiger partial charge in [-0.3, -0.25) is 14.5 Å². The molecule has 0 saturated heterocycles. The summed E-state index contributed by atoms with van der Waals surface area (Å²) >= 11 is 0. The minimum atomic E-state index is -0.106. The van der Waals surface area contributed by atoms with Crippen LogP contribution in [0.25, 0.3) is 10.9 Å². The first kappa shape index (κ1) is 15.8. The van der Waals surface area contributed by atoms with Crippen molar-refractivity contribution in [2.24, 2.45) is 7.05 Å². The summed E-state index contributed by atoms with van der Waals surface area (Å²) in [6.07, 6.45) is 9.50. The van der Waals surface area contributed by atoms with Crippen molar-refractivity contribution in [3.63, 3.8) is 0 Å². The van der Waals surface area contributed by atoms with Crippen LogP contribution in [-0.2, 0) is 7.05 Å². The topological polar surface area (TPSA) is 59.8 Å². The molecule has 1 N–H and O–H groups in total. The summed E-state index contributed by atoms with van der Waals surface area (Å²) in [6.45, 7) is 0. The Hall–Kier alpha value is -2.69. The van der Waals surface area contributed by atoms with Crippen molar-refractivity contribution >= 4 is 22.5 Å². The highest BCUT2D eigenvalue weighted by atomic mass is 16.1. The second kappa shape index (κ2) is 6.67. The van der Waals surface area contributed by atoms with Gasteiger partial charge < -0.3 is 5.32 Å². The molecule has 2 aromatic heterocycles. The Bertz CT molecular complexity index is 909. The number of fused-ring (bicyclic) bond motifs is 1. The molecule has 0 radical (unpaired) electrons. The number of para-hydroxylation sites is 1. The quantitative estimate of drug-likeness (QED) is 0.778. The van der Waals surface area contributed by atoms with Gasteiger partial charge in [0.25, 0.3) is 5.91 Å². The lowest BCUT2D eigenvalue weighted by Crippen LogP contribution is -2.16. The molecule has 1 aromatic carbocycles. The van der Waals surface area contributed by atoms with Gasteiger partial charge in [0.1, 0.15) is 0 Å². The van der Waals surface area contributed by atoms with E-state index in [9.17, 15) is 4.79 Å². The van der Waals surface area contributed by atoms with Gasteiger partial charge in [-0.1, -0.05) is 37.5 Å². The third-order valence-corrected chi connectivity index (χ3v) is 4.94. The maximum atomic E-state index is 12.8. The molecule has 0 aliphatic heterocycles. The number of hydrogen-bond donors (Lipinski definition) is 1. The Balaban J connectivity index is 1.59. The molecule has 4 rings (SSSR count). The molecule has 25 heavy (non-hydrogen) atoms. The van der Waals surface area contributed by atoms with Gasteiger partial charge >= 0.3 is 0 Å². The number of carbonyl (C=O) groups is 1. The number of benzene rings is 1. The van der Waals surface area contributed by atoms with Crippen molar-refractivity contribution in [3.8, 4) is 0 Å². The molecule has 0 atom stereocenters. The van der Waals surface area contributed by atoms with E-state index in [4.69, 9.17) is 0 Å². The van der Waals surface area contributed by atoms with Crippen LogP contribution in [0.3, 0.4) is 0 Å². The molecular weight excluding hydrogens is 312 g/mol. The van der Waals surface area contributed by atoms with Crippen LogP contribution in [-0.4, -0.2) is 20.7 Å². The molecule has 1 fully saturated rings. The van der Waals surface area contributed by atoms with Crippen molar-refractivity contribution in [3.05, 3.63) is 54.0 Å². The fourth-order valence-corrected chi connectivity index (χ4v) is 3.70. The van der Waals surface area contributed by atoms with Crippen LogP contribution in [0.5, 0.6) is 0 Å². The molecule has 2 heterocycles. The normalized spacial score (nSPS) is 15.4. The summed E-state index contributed by atoms with van der Waals surface area (Å²) in [4.78, 5) is 17.2. The van der Waals surface area contributed by atoms with E-state index in [0.717, 1.165) is 29.4 Å². The van der Waals surface area contributed by atoms with Gasteiger partial charge in [0, 0.05) is 24.5 Å². The number of rotatable bonds is 3. The fourth-order valence-electron chi connectivity index (χ4n) is 3.70. The van der Waals surface area contributed by atoms with E-state index < -0.39 is 0 Å². The van der Waals surface area contributed by atoms with Crippen LogP contribution in [0.4, 0.5) is 5.69 Å². The number of hydrogen-bond acceptors (Lipinski definition) is 3. The number of aryl methyl sites for hydroxylation is 1. The van der Waals surface area contributed by atoms with E-state index in [2.05, 4.69) is 15.4 Å². The molecule has 1 aliphatic rings. The number of amides is 1. The van der Waals surface area contributed by atoms with E-state index in [-0.39, 0.29) is 5.91 Å².